The molecule has 0 aromatic heterocycles. The molecule has 0 saturated heterocycles. The summed E-state index contributed by atoms with van der Waals surface area (Å²) in [5.74, 6) is 0.648. The fourth-order valence-electron chi connectivity index (χ4n) is 2.07. The van der Waals surface area contributed by atoms with Gasteiger partial charge in [-0.1, -0.05) is 12.8 Å². The third-order valence-electron chi connectivity index (χ3n) is 3.08. The van der Waals surface area contributed by atoms with Crippen molar-refractivity contribution in [2.75, 3.05) is 40.0 Å². The van der Waals surface area contributed by atoms with Gasteiger partial charge in [0.25, 0.3) is 0 Å². The van der Waals surface area contributed by atoms with Crippen molar-refractivity contribution in [3.63, 3.8) is 0 Å². The molecule has 1 aliphatic carbocycles. The van der Waals surface area contributed by atoms with Gasteiger partial charge in [-0.25, -0.2) is 0 Å². The molecular formula is C12H24ClNO2. The summed E-state index contributed by atoms with van der Waals surface area (Å²) in [5, 5.41) is 3.78. The van der Waals surface area contributed by atoms with E-state index in [0.29, 0.717) is 24.5 Å². The van der Waals surface area contributed by atoms with Crippen LogP contribution in [0.1, 0.15) is 25.7 Å². The molecule has 1 fully saturated rings. The number of ether oxygens (including phenoxy) is 2. The number of halogens is 1. The van der Waals surface area contributed by atoms with E-state index in [1.165, 1.54) is 25.7 Å². The Bertz CT molecular complexity index is 169. The fraction of sp³-hybridized carbons (Fsp3) is 1.00. The van der Waals surface area contributed by atoms with E-state index < -0.39 is 0 Å². The van der Waals surface area contributed by atoms with Crippen LogP contribution in [0.25, 0.3) is 0 Å². The Morgan fingerprint density at radius 3 is 2.75 bits per heavy atom. The van der Waals surface area contributed by atoms with Crippen LogP contribution >= 0.6 is 11.6 Å². The van der Waals surface area contributed by atoms with E-state index in [1.54, 1.807) is 7.11 Å². The van der Waals surface area contributed by atoms with Crippen LogP contribution < -0.4 is 5.32 Å². The third-order valence-corrected chi connectivity index (χ3v) is 3.65. The quantitative estimate of drug-likeness (QED) is 0.528. The normalized spacial score (nSPS) is 25.9. The van der Waals surface area contributed by atoms with Crippen molar-refractivity contribution >= 4 is 11.6 Å². The topological polar surface area (TPSA) is 30.5 Å². The molecule has 16 heavy (non-hydrogen) atoms. The Morgan fingerprint density at radius 2 is 2.00 bits per heavy atom. The first-order valence-electron chi connectivity index (χ1n) is 6.26. The van der Waals surface area contributed by atoms with Gasteiger partial charge in [0.15, 0.2) is 0 Å². The summed E-state index contributed by atoms with van der Waals surface area (Å²) < 4.78 is 10.3. The molecule has 0 bridgehead atoms. The zero-order chi connectivity index (χ0) is 11.6. The van der Waals surface area contributed by atoms with E-state index in [-0.39, 0.29) is 0 Å². The Kier molecular flexibility index (Phi) is 8.21. The van der Waals surface area contributed by atoms with E-state index >= 15 is 0 Å². The molecule has 0 aromatic carbocycles. The molecule has 0 aliphatic heterocycles. The number of rotatable bonds is 8. The average molecular weight is 250 g/mol. The molecule has 96 valence electrons. The second-order valence-corrected chi connectivity index (χ2v) is 4.93. The Hall–Kier alpha value is 0.170. The largest absolute Gasteiger partial charge is 0.382 e. The molecular weight excluding hydrogens is 226 g/mol. The van der Waals surface area contributed by atoms with Crippen molar-refractivity contribution in [1.29, 1.82) is 0 Å². The van der Waals surface area contributed by atoms with Crippen molar-refractivity contribution in [3.05, 3.63) is 0 Å². The lowest BCUT2D eigenvalue weighted by molar-refractivity contribution is 0.0715. The smallest absolute Gasteiger partial charge is 0.0700 e. The summed E-state index contributed by atoms with van der Waals surface area (Å²) in [5.41, 5.74) is 0. The molecule has 0 heterocycles. The van der Waals surface area contributed by atoms with Crippen molar-refractivity contribution in [2.24, 2.45) is 5.92 Å². The van der Waals surface area contributed by atoms with E-state index in [0.717, 1.165) is 19.7 Å². The van der Waals surface area contributed by atoms with Gasteiger partial charge in [-0.3, -0.25) is 0 Å². The summed E-state index contributed by atoms with van der Waals surface area (Å²) in [6, 6.07) is 0. The van der Waals surface area contributed by atoms with E-state index in [2.05, 4.69) is 5.32 Å². The number of nitrogens with one attached hydrogen (secondary N) is 1. The van der Waals surface area contributed by atoms with Crippen LogP contribution in [0.2, 0.25) is 0 Å². The molecule has 4 heteroatoms. The van der Waals surface area contributed by atoms with Crippen LogP contribution in [-0.2, 0) is 9.47 Å². The van der Waals surface area contributed by atoms with Gasteiger partial charge in [-0.2, -0.15) is 0 Å². The maximum Gasteiger partial charge on any atom is 0.0700 e. The predicted octanol–water partition coefficient (Wildman–Crippen LogP) is 2.04. The van der Waals surface area contributed by atoms with Crippen molar-refractivity contribution in [1.82, 2.24) is 5.32 Å². The molecule has 1 rings (SSSR count). The third kappa shape index (κ3) is 6.04. The minimum absolute atomic E-state index is 0.371. The number of methoxy groups -OCH3 is 1. The molecule has 0 spiro atoms. The van der Waals surface area contributed by atoms with Crippen LogP contribution in [0.15, 0.2) is 0 Å². The van der Waals surface area contributed by atoms with Gasteiger partial charge in [-0.15, -0.1) is 11.6 Å². The van der Waals surface area contributed by atoms with Gasteiger partial charge in [0.1, 0.15) is 0 Å². The zero-order valence-corrected chi connectivity index (χ0v) is 11.0. The first-order chi connectivity index (χ1) is 7.84. The lowest BCUT2D eigenvalue weighted by atomic mass is 9.89. The van der Waals surface area contributed by atoms with Gasteiger partial charge in [0, 0.05) is 19.0 Å². The Balaban J connectivity index is 1.90. The van der Waals surface area contributed by atoms with Crippen LogP contribution in [-0.4, -0.2) is 45.4 Å². The summed E-state index contributed by atoms with van der Waals surface area (Å²) in [7, 11) is 1.69. The molecule has 0 amide bonds. The van der Waals surface area contributed by atoms with Crippen LogP contribution in [0, 0.1) is 5.92 Å². The van der Waals surface area contributed by atoms with Gasteiger partial charge in [0.2, 0.25) is 0 Å². The lowest BCUT2D eigenvalue weighted by Crippen LogP contribution is -2.33. The summed E-state index contributed by atoms with van der Waals surface area (Å²) in [6.07, 6.45) is 5.08. The maximum atomic E-state index is 6.28. The maximum absolute atomic E-state index is 6.28. The molecule has 0 radical (unpaired) electrons. The van der Waals surface area contributed by atoms with E-state index in [4.69, 9.17) is 21.1 Å². The van der Waals surface area contributed by atoms with Gasteiger partial charge in [0.05, 0.1) is 19.8 Å². The average Bonchev–Trinajstić information content (AvgIpc) is 2.30. The molecule has 0 aromatic rings. The summed E-state index contributed by atoms with van der Waals surface area (Å²) in [6.45, 7) is 4.04. The molecule has 1 saturated carbocycles. The Morgan fingerprint density at radius 1 is 1.19 bits per heavy atom. The molecule has 1 aliphatic rings. The fourth-order valence-corrected chi connectivity index (χ4v) is 2.44. The van der Waals surface area contributed by atoms with Crippen molar-refractivity contribution in [3.8, 4) is 0 Å². The number of hydrogen-bond donors (Lipinski definition) is 1. The van der Waals surface area contributed by atoms with E-state index in [9.17, 15) is 0 Å². The highest BCUT2D eigenvalue weighted by molar-refractivity contribution is 6.20. The summed E-state index contributed by atoms with van der Waals surface area (Å²) in [4.78, 5) is 0. The number of hydrogen-bond acceptors (Lipinski definition) is 3. The molecule has 1 N–H and O–H groups in total. The standard InChI is InChI=1S/C12H24ClNO2/c1-15-8-9-16-7-6-14-10-11-4-2-3-5-12(11)13/h11-12,14H,2-10H2,1H3. The first-order valence-corrected chi connectivity index (χ1v) is 6.69. The van der Waals surface area contributed by atoms with Crippen molar-refractivity contribution < 1.29 is 9.47 Å². The predicted molar refractivity (Wildman–Crippen MR) is 67.2 cm³/mol. The SMILES string of the molecule is COCCOCCNCC1CCCCC1Cl. The minimum atomic E-state index is 0.371. The first kappa shape index (κ1) is 14.2. The monoisotopic (exact) mass is 249 g/mol. The molecule has 2 unspecified atom stereocenters. The molecule has 2 atom stereocenters. The second kappa shape index (κ2) is 9.23. The summed E-state index contributed by atoms with van der Waals surface area (Å²) >= 11 is 6.28. The van der Waals surface area contributed by atoms with E-state index in [1.807, 2.05) is 0 Å². The Labute approximate surface area is 104 Å². The van der Waals surface area contributed by atoms with Gasteiger partial charge < -0.3 is 14.8 Å². The molecule has 3 nitrogen and oxygen atoms in total. The minimum Gasteiger partial charge on any atom is -0.382 e. The van der Waals surface area contributed by atoms with Crippen molar-refractivity contribution in [2.45, 2.75) is 31.1 Å². The number of alkyl halides is 1. The highest BCUT2D eigenvalue weighted by Gasteiger charge is 2.22. The van der Waals surface area contributed by atoms with Crippen LogP contribution in [0.4, 0.5) is 0 Å². The van der Waals surface area contributed by atoms with Crippen LogP contribution in [0.3, 0.4) is 0 Å². The highest BCUT2D eigenvalue weighted by Crippen LogP contribution is 2.27. The lowest BCUT2D eigenvalue weighted by Gasteiger charge is -2.27. The highest BCUT2D eigenvalue weighted by atomic mass is 35.5. The second-order valence-electron chi connectivity index (χ2n) is 4.37. The van der Waals surface area contributed by atoms with Crippen LogP contribution in [0.5, 0.6) is 0 Å². The van der Waals surface area contributed by atoms with Gasteiger partial charge >= 0.3 is 0 Å². The zero-order valence-electron chi connectivity index (χ0n) is 10.2. The van der Waals surface area contributed by atoms with Gasteiger partial charge in [-0.05, 0) is 25.3 Å².